The number of sulfonamides is 1. The van der Waals surface area contributed by atoms with E-state index in [1.165, 1.54) is 30.3 Å². The van der Waals surface area contributed by atoms with Crippen LogP contribution >= 0.6 is 23.2 Å². The molecule has 1 unspecified atom stereocenters. The molecule has 0 aromatic heterocycles. The molecule has 168 valence electrons. The number of amides is 1. The summed E-state index contributed by atoms with van der Waals surface area (Å²) in [5.74, 6) is -0.435. The molecule has 8 heteroatoms. The van der Waals surface area contributed by atoms with Gasteiger partial charge in [-0.2, -0.15) is 0 Å². The highest BCUT2D eigenvalue weighted by Crippen LogP contribution is 2.27. The zero-order valence-corrected chi connectivity index (χ0v) is 20.3. The quantitative estimate of drug-likeness (QED) is 0.462. The van der Waals surface area contributed by atoms with Crippen LogP contribution < -0.4 is 9.62 Å². The molecule has 1 atom stereocenters. The highest BCUT2D eigenvalue weighted by molar-refractivity contribution is 7.92. The molecular formula is C24H24Cl2N2O3S. The Hall–Kier alpha value is -2.54. The zero-order valence-electron chi connectivity index (χ0n) is 18.0. The van der Waals surface area contributed by atoms with E-state index in [0.29, 0.717) is 15.7 Å². The van der Waals surface area contributed by atoms with E-state index < -0.39 is 22.5 Å². The van der Waals surface area contributed by atoms with Crippen LogP contribution in [0.4, 0.5) is 5.69 Å². The second-order valence-corrected chi connectivity index (χ2v) is 10.3. The van der Waals surface area contributed by atoms with Crippen LogP contribution in [0.2, 0.25) is 10.0 Å². The SMILES string of the molecule is Cc1ccc(C(C)NC(=O)CN(c2cccc(Cl)c2)S(=O)(=O)c2ccc(Cl)cc2)c(C)c1. The maximum atomic E-state index is 13.4. The summed E-state index contributed by atoms with van der Waals surface area (Å²) in [5.41, 5.74) is 3.45. The third kappa shape index (κ3) is 5.63. The first-order valence-electron chi connectivity index (χ1n) is 9.98. The summed E-state index contributed by atoms with van der Waals surface area (Å²) in [6.07, 6.45) is 0. The monoisotopic (exact) mass is 490 g/mol. The van der Waals surface area contributed by atoms with Gasteiger partial charge in [0.25, 0.3) is 10.0 Å². The fourth-order valence-electron chi connectivity index (χ4n) is 3.49. The summed E-state index contributed by atoms with van der Waals surface area (Å²) < 4.78 is 27.8. The first kappa shape index (κ1) is 24.1. The number of carbonyl (C=O) groups excluding carboxylic acids is 1. The Bertz CT molecular complexity index is 1230. The average Bonchev–Trinajstić information content (AvgIpc) is 2.72. The van der Waals surface area contributed by atoms with Gasteiger partial charge in [0, 0.05) is 10.0 Å². The van der Waals surface area contributed by atoms with Crippen molar-refractivity contribution in [3.63, 3.8) is 0 Å². The molecule has 0 fully saturated rings. The Kier molecular flexibility index (Phi) is 7.49. The number of benzene rings is 3. The minimum atomic E-state index is -4.04. The summed E-state index contributed by atoms with van der Waals surface area (Å²) in [6.45, 7) is 5.45. The van der Waals surface area contributed by atoms with Crippen LogP contribution in [-0.2, 0) is 14.8 Å². The maximum absolute atomic E-state index is 13.4. The topological polar surface area (TPSA) is 66.5 Å². The predicted molar refractivity (Wildman–Crippen MR) is 130 cm³/mol. The Balaban J connectivity index is 1.90. The van der Waals surface area contributed by atoms with Gasteiger partial charge in [0.15, 0.2) is 0 Å². The number of carbonyl (C=O) groups is 1. The third-order valence-corrected chi connectivity index (χ3v) is 7.33. The molecule has 1 amide bonds. The Morgan fingerprint density at radius 2 is 1.66 bits per heavy atom. The van der Waals surface area contributed by atoms with Gasteiger partial charge in [0.05, 0.1) is 16.6 Å². The zero-order chi connectivity index (χ0) is 23.5. The van der Waals surface area contributed by atoms with Crippen LogP contribution in [0.15, 0.2) is 71.6 Å². The minimum absolute atomic E-state index is 0.0251. The largest absolute Gasteiger partial charge is 0.348 e. The van der Waals surface area contributed by atoms with Gasteiger partial charge in [0.2, 0.25) is 5.91 Å². The van der Waals surface area contributed by atoms with Crippen LogP contribution in [0, 0.1) is 13.8 Å². The van der Waals surface area contributed by atoms with Crippen LogP contribution in [0.25, 0.3) is 0 Å². The molecule has 0 bridgehead atoms. The van der Waals surface area contributed by atoms with Gasteiger partial charge >= 0.3 is 0 Å². The summed E-state index contributed by atoms with van der Waals surface area (Å²) in [4.78, 5) is 13.0. The van der Waals surface area contributed by atoms with E-state index in [9.17, 15) is 13.2 Å². The number of aryl methyl sites for hydroxylation is 2. The molecule has 0 aliphatic carbocycles. The molecular weight excluding hydrogens is 467 g/mol. The summed E-state index contributed by atoms with van der Waals surface area (Å²) in [6, 6.07) is 17.9. The molecule has 5 nitrogen and oxygen atoms in total. The van der Waals surface area contributed by atoms with E-state index in [4.69, 9.17) is 23.2 Å². The Morgan fingerprint density at radius 3 is 2.28 bits per heavy atom. The van der Waals surface area contributed by atoms with Crippen LogP contribution in [0.1, 0.15) is 29.7 Å². The van der Waals surface area contributed by atoms with Gasteiger partial charge in [-0.25, -0.2) is 8.42 Å². The minimum Gasteiger partial charge on any atom is -0.348 e. The molecule has 3 aromatic rings. The molecule has 3 rings (SSSR count). The lowest BCUT2D eigenvalue weighted by atomic mass is 10.0. The number of hydrogen-bond acceptors (Lipinski definition) is 3. The number of rotatable bonds is 7. The lowest BCUT2D eigenvalue weighted by Gasteiger charge is -2.25. The molecule has 0 aliphatic heterocycles. The lowest BCUT2D eigenvalue weighted by Crippen LogP contribution is -2.41. The molecule has 0 saturated carbocycles. The second kappa shape index (κ2) is 9.94. The van der Waals surface area contributed by atoms with Gasteiger partial charge in [-0.3, -0.25) is 9.10 Å². The Labute approximate surface area is 199 Å². The standard InChI is InChI=1S/C24H24Cl2N2O3S/c1-16-7-12-23(17(2)13-16)18(3)27-24(29)15-28(21-6-4-5-20(26)14-21)32(30,31)22-10-8-19(25)9-11-22/h4-14,18H,15H2,1-3H3,(H,27,29). The lowest BCUT2D eigenvalue weighted by molar-refractivity contribution is -0.120. The van der Waals surface area contributed by atoms with Crippen LogP contribution in [0.5, 0.6) is 0 Å². The van der Waals surface area contributed by atoms with E-state index >= 15 is 0 Å². The normalized spacial score (nSPS) is 12.3. The van der Waals surface area contributed by atoms with Crippen molar-refractivity contribution < 1.29 is 13.2 Å². The van der Waals surface area contributed by atoms with Crippen molar-refractivity contribution >= 4 is 44.8 Å². The van der Waals surface area contributed by atoms with Crippen LogP contribution in [0.3, 0.4) is 0 Å². The van der Waals surface area contributed by atoms with E-state index in [-0.39, 0.29) is 10.9 Å². The molecule has 0 radical (unpaired) electrons. The number of anilines is 1. The van der Waals surface area contributed by atoms with Crippen molar-refractivity contribution in [1.82, 2.24) is 5.32 Å². The molecule has 1 N–H and O–H groups in total. The average molecular weight is 491 g/mol. The van der Waals surface area contributed by atoms with E-state index in [0.717, 1.165) is 21.0 Å². The molecule has 0 spiro atoms. The van der Waals surface area contributed by atoms with Crippen molar-refractivity contribution in [1.29, 1.82) is 0 Å². The van der Waals surface area contributed by atoms with Gasteiger partial charge in [-0.15, -0.1) is 0 Å². The van der Waals surface area contributed by atoms with Gasteiger partial charge < -0.3 is 5.32 Å². The summed E-state index contributed by atoms with van der Waals surface area (Å²) in [5, 5.41) is 3.68. The van der Waals surface area contributed by atoms with Crippen molar-refractivity contribution in [3.8, 4) is 0 Å². The fourth-order valence-corrected chi connectivity index (χ4v) is 5.21. The van der Waals surface area contributed by atoms with Crippen molar-refractivity contribution in [3.05, 3.63) is 93.5 Å². The molecule has 3 aromatic carbocycles. The number of nitrogens with one attached hydrogen (secondary N) is 1. The van der Waals surface area contributed by atoms with Gasteiger partial charge in [-0.1, -0.05) is 53.0 Å². The van der Waals surface area contributed by atoms with E-state index in [1.54, 1.807) is 18.2 Å². The first-order valence-corrected chi connectivity index (χ1v) is 12.2. The molecule has 0 heterocycles. The molecule has 0 aliphatic rings. The number of nitrogens with zero attached hydrogens (tertiary/aromatic N) is 1. The van der Waals surface area contributed by atoms with Gasteiger partial charge in [-0.05, 0) is 74.4 Å². The highest BCUT2D eigenvalue weighted by Gasteiger charge is 2.28. The van der Waals surface area contributed by atoms with Crippen molar-refractivity contribution in [2.45, 2.75) is 31.7 Å². The number of halogens is 2. The van der Waals surface area contributed by atoms with Crippen molar-refractivity contribution in [2.75, 3.05) is 10.8 Å². The van der Waals surface area contributed by atoms with Crippen LogP contribution in [-0.4, -0.2) is 20.9 Å². The maximum Gasteiger partial charge on any atom is 0.264 e. The van der Waals surface area contributed by atoms with E-state index in [2.05, 4.69) is 5.32 Å². The molecule has 32 heavy (non-hydrogen) atoms. The highest BCUT2D eigenvalue weighted by atomic mass is 35.5. The Morgan fingerprint density at radius 1 is 0.969 bits per heavy atom. The van der Waals surface area contributed by atoms with Crippen molar-refractivity contribution in [2.24, 2.45) is 0 Å². The first-order chi connectivity index (χ1) is 15.1. The smallest absolute Gasteiger partial charge is 0.264 e. The predicted octanol–water partition coefficient (Wildman–Crippen LogP) is 5.68. The van der Waals surface area contributed by atoms with Gasteiger partial charge in [0.1, 0.15) is 6.54 Å². The summed E-state index contributed by atoms with van der Waals surface area (Å²) >= 11 is 12.0. The molecule has 0 saturated heterocycles. The third-order valence-electron chi connectivity index (χ3n) is 5.05. The fraction of sp³-hybridized carbons (Fsp3) is 0.208. The second-order valence-electron chi connectivity index (χ2n) is 7.59. The summed E-state index contributed by atoms with van der Waals surface area (Å²) in [7, 11) is -4.04. The number of hydrogen-bond donors (Lipinski definition) is 1. The van der Waals surface area contributed by atoms with E-state index in [1.807, 2.05) is 39.0 Å².